The molecule has 0 amide bonds. The molecule has 1 fully saturated rings. The highest BCUT2D eigenvalue weighted by Gasteiger charge is 2.31. The molecule has 0 radical (unpaired) electrons. The normalized spacial score (nSPS) is 17.6. The first-order valence-corrected chi connectivity index (χ1v) is 12.6. The van der Waals surface area contributed by atoms with E-state index in [-0.39, 0.29) is 17.2 Å². The molecular weight excluding hydrogens is 465 g/mol. The molecule has 0 N–H and O–H groups in total. The molecule has 0 aromatic heterocycles. The molecule has 3 nitrogen and oxygen atoms in total. The molecular formula is C30H31F3O3. The zero-order valence-electron chi connectivity index (χ0n) is 20.7. The van der Waals surface area contributed by atoms with Gasteiger partial charge in [0.15, 0.2) is 23.2 Å². The van der Waals surface area contributed by atoms with Crippen molar-refractivity contribution in [2.45, 2.75) is 58.3 Å². The Morgan fingerprint density at radius 1 is 0.889 bits per heavy atom. The lowest BCUT2D eigenvalue weighted by Crippen LogP contribution is -2.25. The lowest BCUT2D eigenvalue weighted by Gasteiger charge is -2.28. The van der Waals surface area contributed by atoms with Gasteiger partial charge in [-0.2, -0.15) is 0 Å². The first-order valence-electron chi connectivity index (χ1n) is 12.6. The number of hydrogen-bond acceptors (Lipinski definition) is 3. The van der Waals surface area contributed by atoms with Gasteiger partial charge in [0.2, 0.25) is 0 Å². The summed E-state index contributed by atoms with van der Waals surface area (Å²) in [6.45, 7) is 4.30. The number of ether oxygens (including phenoxy) is 2. The zero-order valence-corrected chi connectivity index (χ0v) is 20.7. The van der Waals surface area contributed by atoms with Crippen LogP contribution in [0.15, 0.2) is 54.6 Å². The molecule has 0 aliphatic heterocycles. The van der Waals surface area contributed by atoms with Crippen molar-refractivity contribution in [3.8, 4) is 22.6 Å². The van der Waals surface area contributed by atoms with Gasteiger partial charge in [-0.3, -0.25) is 4.79 Å². The largest absolute Gasteiger partial charge is 0.494 e. The van der Waals surface area contributed by atoms with E-state index in [4.69, 9.17) is 9.47 Å². The summed E-state index contributed by atoms with van der Waals surface area (Å²) >= 11 is 0. The van der Waals surface area contributed by atoms with Gasteiger partial charge in [0, 0.05) is 11.6 Å². The van der Waals surface area contributed by atoms with Crippen molar-refractivity contribution < 1.29 is 27.4 Å². The standard InChI is InChI=1S/C30H31F3O3/c1-3-5-19-6-8-20(9-7-19)24-15-16-25(29(33)28(24)32)21-10-12-22(13-11-21)30(34)36-27-17-14-23(35-4-2)18-26(27)31/h6-9,14-18,21-22H,3-5,10-13H2,1-2H3. The number of carbonyl (C=O) groups excluding carboxylic acids is 1. The molecule has 0 spiro atoms. The first-order chi connectivity index (χ1) is 17.4. The molecule has 1 saturated carbocycles. The van der Waals surface area contributed by atoms with Gasteiger partial charge in [-0.1, -0.05) is 49.7 Å². The minimum absolute atomic E-state index is 0.142. The fraction of sp³-hybridized carbons (Fsp3) is 0.367. The molecule has 4 rings (SSSR count). The molecule has 1 aliphatic carbocycles. The maximum atomic E-state index is 15.1. The molecule has 190 valence electrons. The fourth-order valence-electron chi connectivity index (χ4n) is 4.89. The maximum Gasteiger partial charge on any atom is 0.314 e. The highest BCUT2D eigenvalue weighted by atomic mass is 19.2. The number of carbonyl (C=O) groups is 1. The van der Waals surface area contributed by atoms with Crippen LogP contribution in [0.2, 0.25) is 0 Å². The first kappa shape index (κ1) is 25.8. The fourth-order valence-corrected chi connectivity index (χ4v) is 4.89. The van der Waals surface area contributed by atoms with E-state index in [0.29, 0.717) is 49.2 Å². The van der Waals surface area contributed by atoms with Gasteiger partial charge in [-0.25, -0.2) is 13.2 Å². The van der Waals surface area contributed by atoms with E-state index in [0.717, 1.165) is 12.8 Å². The smallest absolute Gasteiger partial charge is 0.314 e. The third kappa shape index (κ3) is 5.75. The van der Waals surface area contributed by atoms with Crippen molar-refractivity contribution in [2.24, 2.45) is 5.92 Å². The van der Waals surface area contributed by atoms with Crippen molar-refractivity contribution in [1.82, 2.24) is 0 Å². The molecule has 0 heterocycles. The van der Waals surface area contributed by atoms with Crippen LogP contribution in [-0.2, 0) is 11.2 Å². The van der Waals surface area contributed by atoms with Crippen LogP contribution in [0.5, 0.6) is 11.5 Å². The molecule has 6 heteroatoms. The van der Waals surface area contributed by atoms with Crippen LogP contribution in [-0.4, -0.2) is 12.6 Å². The van der Waals surface area contributed by atoms with Crippen molar-refractivity contribution in [2.75, 3.05) is 6.61 Å². The Balaban J connectivity index is 1.39. The predicted octanol–water partition coefficient (Wildman–Crippen LogP) is 8.00. The predicted molar refractivity (Wildman–Crippen MR) is 134 cm³/mol. The van der Waals surface area contributed by atoms with Crippen LogP contribution in [0, 0.1) is 23.4 Å². The van der Waals surface area contributed by atoms with Gasteiger partial charge < -0.3 is 9.47 Å². The van der Waals surface area contributed by atoms with Crippen molar-refractivity contribution in [3.05, 3.63) is 83.2 Å². The minimum Gasteiger partial charge on any atom is -0.494 e. The van der Waals surface area contributed by atoms with Crippen LogP contribution in [0.25, 0.3) is 11.1 Å². The number of esters is 1. The summed E-state index contributed by atoms with van der Waals surface area (Å²) in [5.74, 6) is -3.23. The van der Waals surface area contributed by atoms with Gasteiger partial charge >= 0.3 is 5.97 Å². The summed E-state index contributed by atoms with van der Waals surface area (Å²) in [4.78, 5) is 12.6. The van der Waals surface area contributed by atoms with Crippen molar-refractivity contribution in [3.63, 3.8) is 0 Å². The quantitative estimate of drug-likeness (QED) is 0.234. The van der Waals surface area contributed by atoms with Crippen LogP contribution >= 0.6 is 0 Å². The molecule has 0 bridgehead atoms. The van der Waals surface area contributed by atoms with Crippen LogP contribution in [0.3, 0.4) is 0 Å². The number of hydrogen-bond donors (Lipinski definition) is 0. The Kier molecular flexibility index (Phi) is 8.34. The molecule has 36 heavy (non-hydrogen) atoms. The number of benzene rings is 3. The number of rotatable bonds is 8. The molecule has 1 aliphatic rings. The maximum absolute atomic E-state index is 15.1. The summed E-state index contributed by atoms with van der Waals surface area (Å²) in [6, 6.07) is 15.0. The Hall–Kier alpha value is -3.28. The SMILES string of the molecule is CCCc1ccc(-c2ccc(C3CCC(C(=O)Oc4ccc(OCC)cc4F)CC3)c(F)c2F)cc1. The highest BCUT2D eigenvalue weighted by molar-refractivity contribution is 5.75. The lowest BCUT2D eigenvalue weighted by molar-refractivity contribution is -0.140. The van der Waals surface area contributed by atoms with Gasteiger partial charge in [0.1, 0.15) is 5.75 Å². The highest BCUT2D eigenvalue weighted by Crippen LogP contribution is 2.39. The van der Waals surface area contributed by atoms with E-state index in [9.17, 15) is 9.18 Å². The third-order valence-corrected chi connectivity index (χ3v) is 6.84. The van der Waals surface area contributed by atoms with E-state index in [1.165, 1.54) is 17.7 Å². The van der Waals surface area contributed by atoms with E-state index in [2.05, 4.69) is 6.92 Å². The number of halogens is 3. The number of aryl methyl sites for hydroxylation is 1. The third-order valence-electron chi connectivity index (χ3n) is 6.84. The summed E-state index contributed by atoms with van der Waals surface area (Å²) in [6.07, 6.45) is 3.93. The van der Waals surface area contributed by atoms with E-state index in [1.54, 1.807) is 25.1 Å². The summed E-state index contributed by atoms with van der Waals surface area (Å²) in [7, 11) is 0. The van der Waals surface area contributed by atoms with Crippen LogP contribution in [0.4, 0.5) is 13.2 Å². The summed E-state index contributed by atoms with van der Waals surface area (Å²) < 4.78 is 54.9. The minimum atomic E-state index is -0.844. The van der Waals surface area contributed by atoms with E-state index < -0.39 is 29.3 Å². The second-order valence-corrected chi connectivity index (χ2v) is 9.27. The second kappa shape index (κ2) is 11.6. The van der Waals surface area contributed by atoms with Crippen LogP contribution in [0.1, 0.15) is 63.0 Å². The Labute approximate surface area is 210 Å². The second-order valence-electron chi connectivity index (χ2n) is 9.27. The Morgan fingerprint density at radius 2 is 1.61 bits per heavy atom. The zero-order chi connectivity index (χ0) is 25.7. The average Bonchev–Trinajstić information content (AvgIpc) is 2.88. The lowest BCUT2D eigenvalue weighted by atomic mass is 9.78. The Bertz CT molecular complexity index is 1200. The topological polar surface area (TPSA) is 35.5 Å². The monoisotopic (exact) mass is 496 g/mol. The average molecular weight is 497 g/mol. The van der Waals surface area contributed by atoms with Gasteiger partial charge in [-0.05, 0) is 73.8 Å². The molecule has 3 aromatic rings. The molecule has 0 saturated heterocycles. The van der Waals surface area contributed by atoms with Crippen molar-refractivity contribution >= 4 is 5.97 Å². The molecule has 0 atom stereocenters. The summed E-state index contributed by atoms with van der Waals surface area (Å²) in [5.41, 5.74) is 2.39. The van der Waals surface area contributed by atoms with Crippen LogP contribution < -0.4 is 9.47 Å². The molecule has 0 unspecified atom stereocenters. The van der Waals surface area contributed by atoms with E-state index in [1.807, 2.05) is 24.3 Å². The summed E-state index contributed by atoms with van der Waals surface area (Å²) in [5, 5.41) is 0. The van der Waals surface area contributed by atoms with Gasteiger partial charge in [0.25, 0.3) is 0 Å². The van der Waals surface area contributed by atoms with Gasteiger partial charge in [0.05, 0.1) is 12.5 Å². The van der Waals surface area contributed by atoms with Crippen molar-refractivity contribution in [1.29, 1.82) is 0 Å². The van der Waals surface area contributed by atoms with Gasteiger partial charge in [-0.15, -0.1) is 0 Å². The molecule has 3 aromatic carbocycles. The Morgan fingerprint density at radius 3 is 2.25 bits per heavy atom. The van der Waals surface area contributed by atoms with E-state index >= 15 is 8.78 Å².